The van der Waals surface area contributed by atoms with Crippen LogP contribution in [0.5, 0.6) is 11.6 Å². The second-order valence-electron chi connectivity index (χ2n) is 4.44. The van der Waals surface area contributed by atoms with Crippen LogP contribution in [0.4, 0.5) is 0 Å². The van der Waals surface area contributed by atoms with Crippen molar-refractivity contribution in [3.63, 3.8) is 0 Å². The Balaban J connectivity index is 1.93. The fourth-order valence-corrected chi connectivity index (χ4v) is 1.90. The Morgan fingerprint density at radius 2 is 1.95 bits per heavy atom. The quantitative estimate of drug-likeness (QED) is 0.794. The number of aromatic nitrogens is 3. The van der Waals surface area contributed by atoms with Crippen molar-refractivity contribution in [3.05, 3.63) is 53.9 Å². The van der Waals surface area contributed by atoms with E-state index in [0.717, 1.165) is 5.56 Å². The molecule has 21 heavy (non-hydrogen) atoms. The van der Waals surface area contributed by atoms with E-state index >= 15 is 0 Å². The maximum absolute atomic E-state index is 10.9. The van der Waals surface area contributed by atoms with Crippen molar-refractivity contribution in [2.75, 3.05) is 0 Å². The molecule has 0 amide bonds. The van der Waals surface area contributed by atoms with Crippen LogP contribution in [0.2, 0.25) is 0 Å². The van der Waals surface area contributed by atoms with Gasteiger partial charge >= 0.3 is 5.97 Å². The zero-order valence-electron chi connectivity index (χ0n) is 11.1. The normalized spacial score (nSPS) is 10.5. The Morgan fingerprint density at radius 1 is 1.14 bits per heavy atom. The Morgan fingerprint density at radius 3 is 2.71 bits per heavy atom. The highest BCUT2D eigenvalue weighted by atomic mass is 16.5. The van der Waals surface area contributed by atoms with E-state index in [9.17, 15) is 4.79 Å². The van der Waals surface area contributed by atoms with E-state index in [1.54, 1.807) is 43.6 Å². The number of hydrogen-bond donors (Lipinski definition) is 1. The third-order valence-electron chi connectivity index (χ3n) is 2.94. The highest BCUT2D eigenvalue weighted by Gasteiger charge is 2.08. The minimum absolute atomic E-state index is 0.220. The van der Waals surface area contributed by atoms with Gasteiger partial charge in [0.2, 0.25) is 5.88 Å². The van der Waals surface area contributed by atoms with Crippen molar-refractivity contribution < 1.29 is 14.6 Å². The van der Waals surface area contributed by atoms with E-state index in [4.69, 9.17) is 9.84 Å². The summed E-state index contributed by atoms with van der Waals surface area (Å²) in [5.41, 5.74) is 2.12. The van der Waals surface area contributed by atoms with Crippen molar-refractivity contribution in [2.24, 2.45) is 0 Å². The number of rotatable bonds is 3. The average molecular weight is 281 g/mol. The first-order chi connectivity index (χ1) is 10.1. The van der Waals surface area contributed by atoms with Crippen LogP contribution >= 0.6 is 0 Å². The number of ether oxygens (including phenoxy) is 1. The summed E-state index contributed by atoms with van der Waals surface area (Å²) < 4.78 is 5.68. The van der Waals surface area contributed by atoms with Crippen LogP contribution in [0.25, 0.3) is 11.2 Å². The first-order valence-corrected chi connectivity index (χ1v) is 6.23. The Kier molecular flexibility index (Phi) is 3.19. The van der Waals surface area contributed by atoms with Crippen molar-refractivity contribution >= 4 is 17.1 Å². The second kappa shape index (κ2) is 5.16. The van der Waals surface area contributed by atoms with Gasteiger partial charge in [-0.3, -0.25) is 4.98 Å². The van der Waals surface area contributed by atoms with Gasteiger partial charge in [0.1, 0.15) is 11.3 Å². The summed E-state index contributed by atoms with van der Waals surface area (Å²) in [4.78, 5) is 23.4. The van der Waals surface area contributed by atoms with Crippen molar-refractivity contribution in [1.29, 1.82) is 0 Å². The van der Waals surface area contributed by atoms with E-state index in [1.807, 2.05) is 0 Å². The van der Waals surface area contributed by atoms with Crippen LogP contribution in [0.3, 0.4) is 0 Å². The first kappa shape index (κ1) is 13.0. The van der Waals surface area contributed by atoms with Crippen molar-refractivity contribution in [3.8, 4) is 11.6 Å². The van der Waals surface area contributed by atoms with E-state index in [-0.39, 0.29) is 5.56 Å². The molecule has 0 spiro atoms. The number of carboxylic acid groups (broad SMARTS) is 1. The van der Waals surface area contributed by atoms with Crippen LogP contribution in [0, 0.1) is 6.92 Å². The van der Waals surface area contributed by atoms with Gasteiger partial charge < -0.3 is 9.84 Å². The maximum Gasteiger partial charge on any atom is 0.335 e. The lowest BCUT2D eigenvalue weighted by atomic mass is 10.1. The van der Waals surface area contributed by atoms with E-state index in [0.29, 0.717) is 22.8 Å². The molecule has 1 aromatic carbocycles. The number of carboxylic acids is 1. The predicted octanol–water partition coefficient (Wildman–Crippen LogP) is 2.82. The minimum atomic E-state index is -0.969. The monoisotopic (exact) mass is 281 g/mol. The SMILES string of the molecule is Cc1cc(C(=O)O)ccc1Oc1ccc2nccnc2n1. The molecule has 0 saturated carbocycles. The topological polar surface area (TPSA) is 85.2 Å². The zero-order chi connectivity index (χ0) is 14.8. The highest BCUT2D eigenvalue weighted by Crippen LogP contribution is 2.25. The molecule has 0 aliphatic carbocycles. The standard InChI is InChI=1S/C15H11N3O3/c1-9-8-10(15(19)20)2-4-12(9)21-13-5-3-11-14(18-13)17-7-6-16-11/h2-8H,1H3,(H,19,20). The molecule has 1 N–H and O–H groups in total. The molecule has 3 rings (SSSR count). The third-order valence-corrected chi connectivity index (χ3v) is 2.94. The third kappa shape index (κ3) is 2.64. The summed E-state index contributed by atoms with van der Waals surface area (Å²) in [6.45, 7) is 1.78. The molecule has 0 aliphatic heterocycles. The second-order valence-corrected chi connectivity index (χ2v) is 4.44. The molecule has 0 bridgehead atoms. The fraction of sp³-hybridized carbons (Fsp3) is 0.0667. The lowest BCUT2D eigenvalue weighted by molar-refractivity contribution is 0.0697. The van der Waals surface area contributed by atoms with Crippen LogP contribution in [0.15, 0.2) is 42.7 Å². The van der Waals surface area contributed by atoms with Crippen LogP contribution in [-0.4, -0.2) is 26.0 Å². The largest absolute Gasteiger partial charge is 0.478 e. The van der Waals surface area contributed by atoms with Crippen LogP contribution in [-0.2, 0) is 0 Å². The molecule has 6 nitrogen and oxygen atoms in total. The van der Waals surface area contributed by atoms with Crippen molar-refractivity contribution in [2.45, 2.75) is 6.92 Å². The summed E-state index contributed by atoms with van der Waals surface area (Å²) >= 11 is 0. The van der Waals surface area contributed by atoms with Gasteiger partial charge in [0.25, 0.3) is 0 Å². The van der Waals surface area contributed by atoms with Gasteiger partial charge in [-0.05, 0) is 36.8 Å². The summed E-state index contributed by atoms with van der Waals surface area (Å²) in [5.74, 6) is -0.0336. The Bertz CT molecular complexity index is 833. The molecule has 6 heteroatoms. The van der Waals surface area contributed by atoms with Gasteiger partial charge in [-0.15, -0.1) is 0 Å². The van der Waals surface area contributed by atoms with E-state index in [2.05, 4.69) is 15.0 Å². The average Bonchev–Trinajstić information content (AvgIpc) is 2.49. The lowest BCUT2D eigenvalue weighted by Gasteiger charge is -2.08. The molecule has 3 aromatic rings. The van der Waals surface area contributed by atoms with Gasteiger partial charge in [-0.1, -0.05) is 0 Å². The van der Waals surface area contributed by atoms with Gasteiger partial charge in [0.05, 0.1) is 5.56 Å². The van der Waals surface area contributed by atoms with Gasteiger partial charge in [-0.2, -0.15) is 4.98 Å². The molecular formula is C15H11N3O3. The predicted molar refractivity (Wildman–Crippen MR) is 75.5 cm³/mol. The first-order valence-electron chi connectivity index (χ1n) is 6.23. The maximum atomic E-state index is 10.9. The van der Waals surface area contributed by atoms with E-state index in [1.165, 1.54) is 6.07 Å². The molecule has 2 heterocycles. The summed E-state index contributed by atoms with van der Waals surface area (Å²) in [6, 6.07) is 8.12. The molecule has 0 atom stereocenters. The number of nitrogens with zero attached hydrogens (tertiary/aromatic N) is 3. The number of aryl methyl sites for hydroxylation is 1. The van der Waals surface area contributed by atoms with E-state index < -0.39 is 5.97 Å². The molecule has 104 valence electrons. The molecule has 0 saturated heterocycles. The Hall–Kier alpha value is -3.02. The Labute approximate surface area is 120 Å². The summed E-state index contributed by atoms with van der Waals surface area (Å²) in [7, 11) is 0. The zero-order valence-corrected chi connectivity index (χ0v) is 11.1. The summed E-state index contributed by atoms with van der Waals surface area (Å²) in [6.07, 6.45) is 3.16. The number of benzene rings is 1. The van der Waals surface area contributed by atoms with Crippen molar-refractivity contribution in [1.82, 2.24) is 15.0 Å². The van der Waals surface area contributed by atoms with Gasteiger partial charge in [0.15, 0.2) is 5.65 Å². The fourth-order valence-electron chi connectivity index (χ4n) is 1.90. The molecule has 0 fully saturated rings. The van der Waals surface area contributed by atoms with Crippen LogP contribution in [0.1, 0.15) is 15.9 Å². The smallest absolute Gasteiger partial charge is 0.335 e. The molecule has 0 unspecified atom stereocenters. The van der Waals surface area contributed by atoms with Gasteiger partial charge in [-0.25, -0.2) is 9.78 Å². The lowest BCUT2D eigenvalue weighted by Crippen LogP contribution is -1.98. The molecule has 2 aromatic heterocycles. The molecule has 0 aliphatic rings. The number of fused-ring (bicyclic) bond motifs is 1. The number of hydrogen-bond acceptors (Lipinski definition) is 5. The van der Waals surface area contributed by atoms with Crippen LogP contribution < -0.4 is 4.74 Å². The highest BCUT2D eigenvalue weighted by molar-refractivity contribution is 5.88. The minimum Gasteiger partial charge on any atom is -0.478 e. The molecule has 0 radical (unpaired) electrons. The number of pyridine rings is 1. The number of carbonyl (C=O) groups is 1. The number of aromatic carboxylic acids is 1. The van der Waals surface area contributed by atoms with Gasteiger partial charge in [0, 0.05) is 18.5 Å². The summed E-state index contributed by atoms with van der Waals surface area (Å²) in [5, 5.41) is 8.94. The molecular weight excluding hydrogens is 270 g/mol.